The maximum absolute atomic E-state index is 5.88. The molecule has 0 aliphatic carbocycles. The second-order valence-electron chi connectivity index (χ2n) is 4.19. The Labute approximate surface area is 107 Å². The number of nitrogen functional groups attached to an aromatic ring is 1. The molecule has 0 atom stereocenters. The van der Waals surface area contributed by atoms with Crippen molar-refractivity contribution in [1.29, 1.82) is 0 Å². The normalized spacial score (nSPS) is 10.8. The van der Waals surface area contributed by atoms with Crippen LogP contribution in [0.15, 0.2) is 12.1 Å². The van der Waals surface area contributed by atoms with Crippen LogP contribution in [0.2, 0.25) is 10.0 Å². The number of rotatable bonds is 5. The van der Waals surface area contributed by atoms with Gasteiger partial charge in [-0.25, -0.2) is 0 Å². The van der Waals surface area contributed by atoms with Gasteiger partial charge in [0.15, 0.2) is 0 Å². The first-order valence-corrected chi connectivity index (χ1v) is 6.13. The molecule has 0 saturated heterocycles. The molecule has 0 saturated carbocycles. The first-order valence-electron chi connectivity index (χ1n) is 5.38. The molecule has 90 valence electrons. The number of hydrogen-bond acceptors (Lipinski definition) is 2. The zero-order valence-electron chi connectivity index (χ0n) is 9.59. The molecule has 1 rings (SSSR count). The number of halogens is 2. The van der Waals surface area contributed by atoms with E-state index in [1.807, 2.05) is 0 Å². The molecule has 0 unspecified atom stereocenters. The summed E-state index contributed by atoms with van der Waals surface area (Å²) in [6, 6.07) is 3.27. The molecular formula is C12H17Cl2NO. The van der Waals surface area contributed by atoms with Gasteiger partial charge in [-0.2, -0.15) is 0 Å². The van der Waals surface area contributed by atoms with Gasteiger partial charge in [0.25, 0.3) is 0 Å². The Morgan fingerprint density at radius 1 is 1.25 bits per heavy atom. The quantitative estimate of drug-likeness (QED) is 0.630. The average molecular weight is 262 g/mol. The van der Waals surface area contributed by atoms with Gasteiger partial charge in [-0.3, -0.25) is 0 Å². The van der Waals surface area contributed by atoms with Crippen LogP contribution in [-0.2, 0) is 0 Å². The fraction of sp³-hybridized carbons (Fsp3) is 0.500. The van der Waals surface area contributed by atoms with Crippen molar-refractivity contribution < 1.29 is 4.74 Å². The van der Waals surface area contributed by atoms with E-state index in [9.17, 15) is 0 Å². The minimum absolute atomic E-state index is 0.452. The van der Waals surface area contributed by atoms with Crippen molar-refractivity contribution in [3.8, 4) is 5.75 Å². The molecule has 0 aliphatic heterocycles. The summed E-state index contributed by atoms with van der Waals surface area (Å²) >= 11 is 11.7. The van der Waals surface area contributed by atoms with E-state index in [1.165, 1.54) is 0 Å². The van der Waals surface area contributed by atoms with E-state index in [4.69, 9.17) is 33.7 Å². The Balaban J connectivity index is 2.51. The molecule has 0 radical (unpaired) electrons. The molecule has 1 aromatic rings. The van der Waals surface area contributed by atoms with Crippen molar-refractivity contribution in [2.45, 2.75) is 26.7 Å². The molecule has 2 N–H and O–H groups in total. The molecule has 0 spiro atoms. The molecule has 0 amide bonds. The Morgan fingerprint density at radius 2 is 1.88 bits per heavy atom. The summed E-state index contributed by atoms with van der Waals surface area (Å²) in [6.45, 7) is 5.03. The van der Waals surface area contributed by atoms with Crippen molar-refractivity contribution in [2.75, 3.05) is 12.3 Å². The number of hydrogen-bond donors (Lipinski definition) is 1. The van der Waals surface area contributed by atoms with Crippen molar-refractivity contribution in [1.82, 2.24) is 0 Å². The Morgan fingerprint density at radius 3 is 2.50 bits per heavy atom. The van der Waals surface area contributed by atoms with E-state index >= 15 is 0 Å². The SMILES string of the molecule is CC(C)CCCOc1cc(Cl)c(Cl)cc1N. The summed E-state index contributed by atoms with van der Waals surface area (Å²) in [4.78, 5) is 0. The highest BCUT2D eigenvalue weighted by atomic mass is 35.5. The topological polar surface area (TPSA) is 35.2 Å². The van der Waals surface area contributed by atoms with E-state index < -0.39 is 0 Å². The molecule has 0 aromatic heterocycles. The summed E-state index contributed by atoms with van der Waals surface area (Å²) in [5, 5.41) is 0.920. The third kappa shape index (κ3) is 4.11. The molecule has 0 heterocycles. The van der Waals surface area contributed by atoms with Crippen LogP contribution in [0.25, 0.3) is 0 Å². The predicted molar refractivity (Wildman–Crippen MR) is 70.4 cm³/mol. The van der Waals surface area contributed by atoms with E-state index in [2.05, 4.69) is 13.8 Å². The first-order chi connectivity index (χ1) is 7.50. The molecule has 0 aliphatic rings. The van der Waals surface area contributed by atoms with Crippen LogP contribution in [0.4, 0.5) is 5.69 Å². The van der Waals surface area contributed by atoms with Crippen molar-refractivity contribution in [3.05, 3.63) is 22.2 Å². The van der Waals surface area contributed by atoms with Gasteiger partial charge in [0.2, 0.25) is 0 Å². The maximum Gasteiger partial charge on any atom is 0.143 e. The van der Waals surface area contributed by atoms with Crippen LogP contribution in [0.1, 0.15) is 26.7 Å². The summed E-state index contributed by atoms with van der Waals surface area (Å²) in [6.07, 6.45) is 2.15. The highest BCUT2D eigenvalue weighted by Crippen LogP contribution is 2.32. The zero-order valence-corrected chi connectivity index (χ0v) is 11.1. The monoisotopic (exact) mass is 261 g/mol. The van der Waals surface area contributed by atoms with Gasteiger partial charge in [-0.05, 0) is 24.8 Å². The Hall–Kier alpha value is -0.600. The second-order valence-corrected chi connectivity index (χ2v) is 5.00. The highest BCUT2D eigenvalue weighted by molar-refractivity contribution is 6.42. The van der Waals surface area contributed by atoms with E-state index in [0.29, 0.717) is 34.0 Å². The van der Waals surface area contributed by atoms with Gasteiger partial charge < -0.3 is 10.5 Å². The number of nitrogens with two attached hydrogens (primary N) is 1. The van der Waals surface area contributed by atoms with Crippen LogP contribution >= 0.6 is 23.2 Å². The van der Waals surface area contributed by atoms with Crippen LogP contribution in [0, 0.1) is 5.92 Å². The van der Waals surface area contributed by atoms with E-state index in [-0.39, 0.29) is 0 Å². The lowest BCUT2D eigenvalue weighted by atomic mass is 10.1. The summed E-state index contributed by atoms with van der Waals surface area (Å²) in [5.41, 5.74) is 6.29. The van der Waals surface area contributed by atoms with Gasteiger partial charge in [0, 0.05) is 6.07 Å². The van der Waals surface area contributed by atoms with E-state index in [0.717, 1.165) is 12.8 Å². The summed E-state index contributed by atoms with van der Waals surface area (Å²) in [7, 11) is 0. The van der Waals surface area contributed by atoms with Crippen LogP contribution in [0.3, 0.4) is 0 Å². The molecule has 4 heteroatoms. The standard InChI is InChI=1S/C12H17Cl2NO/c1-8(2)4-3-5-16-12-7-10(14)9(13)6-11(12)15/h6-8H,3-5,15H2,1-2H3. The van der Waals surface area contributed by atoms with E-state index in [1.54, 1.807) is 12.1 Å². The summed E-state index contributed by atoms with van der Waals surface area (Å²) in [5.74, 6) is 1.30. The summed E-state index contributed by atoms with van der Waals surface area (Å²) < 4.78 is 5.55. The maximum atomic E-state index is 5.88. The molecule has 0 bridgehead atoms. The third-order valence-electron chi connectivity index (χ3n) is 2.24. The second kappa shape index (κ2) is 6.21. The molecule has 2 nitrogen and oxygen atoms in total. The zero-order chi connectivity index (χ0) is 12.1. The predicted octanol–water partition coefficient (Wildman–Crippen LogP) is 4.39. The molecular weight excluding hydrogens is 245 g/mol. The number of benzene rings is 1. The highest BCUT2D eigenvalue weighted by Gasteiger charge is 2.06. The van der Waals surface area contributed by atoms with Crippen LogP contribution in [0.5, 0.6) is 5.75 Å². The fourth-order valence-electron chi connectivity index (χ4n) is 1.34. The van der Waals surface area contributed by atoms with Gasteiger partial charge in [0.05, 0.1) is 22.3 Å². The Bertz CT molecular complexity index is 353. The molecule has 0 fully saturated rings. The smallest absolute Gasteiger partial charge is 0.143 e. The minimum atomic E-state index is 0.452. The molecule has 16 heavy (non-hydrogen) atoms. The fourth-order valence-corrected chi connectivity index (χ4v) is 1.67. The lowest BCUT2D eigenvalue weighted by Crippen LogP contribution is -2.02. The lowest BCUT2D eigenvalue weighted by Gasteiger charge is -2.10. The van der Waals surface area contributed by atoms with Crippen molar-refractivity contribution in [3.63, 3.8) is 0 Å². The third-order valence-corrected chi connectivity index (χ3v) is 2.96. The van der Waals surface area contributed by atoms with Gasteiger partial charge in [0.1, 0.15) is 5.75 Å². The van der Waals surface area contributed by atoms with Crippen molar-refractivity contribution in [2.24, 2.45) is 5.92 Å². The lowest BCUT2D eigenvalue weighted by molar-refractivity contribution is 0.299. The number of ether oxygens (including phenoxy) is 1. The minimum Gasteiger partial charge on any atom is -0.491 e. The average Bonchev–Trinajstić information content (AvgIpc) is 2.19. The molecule has 1 aromatic carbocycles. The van der Waals surface area contributed by atoms with Crippen molar-refractivity contribution >= 4 is 28.9 Å². The first kappa shape index (κ1) is 13.5. The van der Waals surface area contributed by atoms with Gasteiger partial charge in [-0.1, -0.05) is 37.0 Å². The van der Waals surface area contributed by atoms with Gasteiger partial charge in [-0.15, -0.1) is 0 Å². The van der Waals surface area contributed by atoms with Crippen LogP contribution in [-0.4, -0.2) is 6.61 Å². The van der Waals surface area contributed by atoms with Crippen LogP contribution < -0.4 is 10.5 Å². The number of anilines is 1. The van der Waals surface area contributed by atoms with Gasteiger partial charge >= 0.3 is 0 Å². The Kier molecular flexibility index (Phi) is 5.23. The largest absolute Gasteiger partial charge is 0.491 e.